The van der Waals surface area contributed by atoms with Crippen LogP contribution >= 0.6 is 0 Å². The van der Waals surface area contributed by atoms with Crippen LogP contribution in [0.3, 0.4) is 0 Å². The van der Waals surface area contributed by atoms with E-state index in [1.165, 1.54) is 14.1 Å². The Hall–Kier alpha value is -0.900. The number of ketones is 1. The quantitative estimate of drug-likeness (QED) is 0.471. The first-order valence-electron chi connectivity index (χ1n) is 2.45. The van der Waals surface area contributed by atoms with Gasteiger partial charge in [0.25, 0.3) is 5.91 Å². The topological polar surface area (TPSA) is 57.6 Å². The van der Waals surface area contributed by atoms with E-state index >= 15 is 0 Å². The fourth-order valence-electron chi connectivity index (χ4n) is 0.317. The van der Waals surface area contributed by atoms with Gasteiger partial charge in [-0.2, -0.15) is 0 Å². The van der Waals surface area contributed by atoms with Crippen LogP contribution in [0.1, 0.15) is 0 Å². The molecule has 0 fully saturated rings. The van der Waals surface area contributed by atoms with Gasteiger partial charge in [-0.05, 0) is 0 Å². The van der Waals surface area contributed by atoms with E-state index in [-0.39, 0.29) is 0 Å². The van der Waals surface area contributed by atoms with Crippen molar-refractivity contribution in [2.45, 2.75) is 0 Å². The molecule has 0 aromatic heterocycles. The molecule has 0 aromatic carbocycles. The molecule has 0 radical (unpaired) electrons. The fourth-order valence-corrected chi connectivity index (χ4v) is 0.317. The first-order valence-corrected chi connectivity index (χ1v) is 2.45. The molecular formula is C5H9NO3. The molecule has 0 rings (SSSR count). The zero-order valence-corrected chi connectivity index (χ0v) is 5.42. The van der Waals surface area contributed by atoms with Crippen LogP contribution in [-0.2, 0) is 9.59 Å². The standard InChI is InChI=1S/C5H9NO3/c1-6(2)5(9)4(8)3-7/h7H,3H2,1-2H3. The minimum Gasteiger partial charge on any atom is -0.388 e. The predicted octanol–water partition coefficient (Wildman–Crippen LogP) is -1.36. The van der Waals surface area contributed by atoms with Crippen molar-refractivity contribution in [2.24, 2.45) is 0 Å². The molecule has 0 atom stereocenters. The van der Waals surface area contributed by atoms with Crippen molar-refractivity contribution in [3.63, 3.8) is 0 Å². The van der Waals surface area contributed by atoms with Crippen LogP contribution in [0.5, 0.6) is 0 Å². The summed E-state index contributed by atoms with van der Waals surface area (Å²) in [5.74, 6) is -1.45. The smallest absolute Gasteiger partial charge is 0.291 e. The molecule has 0 saturated carbocycles. The number of likely N-dealkylation sites (N-methyl/N-ethyl adjacent to an activating group) is 1. The number of Topliss-reactive ketones (excluding diaryl/α,β-unsaturated/α-hetero) is 1. The van der Waals surface area contributed by atoms with E-state index in [0.717, 1.165) is 4.90 Å². The average molecular weight is 131 g/mol. The number of amides is 1. The summed E-state index contributed by atoms with van der Waals surface area (Å²) in [7, 11) is 2.91. The van der Waals surface area contributed by atoms with Gasteiger partial charge in [-0.15, -0.1) is 0 Å². The van der Waals surface area contributed by atoms with Gasteiger partial charge in [0, 0.05) is 14.1 Å². The molecule has 1 N–H and O–H groups in total. The van der Waals surface area contributed by atoms with Gasteiger partial charge in [-0.1, -0.05) is 0 Å². The van der Waals surface area contributed by atoms with Crippen molar-refractivity contribution < 1.29 is 14.7 Å². The predicted molar refractivity (Wildman–Crippen MR) is 30.8 cm³/mol. The second kappa shape index (κ2) is 3.19. The van der Waals surface area contributed by atoms with Crippen molar-refractivity contribution in [2.75, 3.05) is 20.7 Å². The van der Waals surface area contributed by atoms with E-state index in [0.29, 0.717) is 0 Å². The lowest BCUT2D eigenvalue weighted by Gasteiger charge is -2.05. The monoisotopic (exact) mass is 131 g/mol. The van der Waals surface area contributed by atoms with Gasteiger partial charge in [-0.25, -0.2) is 0 Å². The van der Waals surface area contributed by atoms with Crippen LogP contribution in [0, 0.1) is 0 Å². The van der Waals surface area contributed by atoms with Crippen LogP contribution in [0.15, 0.2) is 0 Å². The summed E-state index contributed by atoms with van der Waals surface area (Å²) in [5.41, 5.74) is 0. The number of hydrogen-bond acceptors (Lipinski definition) is 3. The lowest BCUT2D eigenvalue weighted by molar-refractivity contribution is -0.144. The molecule has 0 bridgehead atoms. The summed E-state index contributed by atoms with van der Waals surface area (Å²) in [6.45, 7) is -0.711. The summed E-state index contributed by atoms with van der Waals surface area (Å²) < 4.78 is 0. The van der Waals surface area contributed by atoms with Gasteiger partial charge in [0.05, 0.1) is 0 Å². The molecule has 0 heterocycles. The summed E-state index contributed by atoms with van der Waals surface area (Å²) in [5, 5.41) is 8.16. The van der Waals surface area contributed by atoms with E-state index in [9.17, 15) is 9.59 Å². The summed E-state index contributed by atoms with van der Waals surface area (Å²) >= 11 is 0. The average Bonchev–Trinajstić information content (AvgIpc) is 1.84. The van der Waals surface area contributed by atoms with Crippen LogP contribution in [0.25, 0.3) is 0 Å². The van der Waals surface area contributed by atoms with Crippen molar-refractivity contribution in [3.8, 4) is 0 Å². The maximum atomic E-state index is 10.5. The fraction of sp³-hybridized carbons (Fsp3) is 0.600. The SMILES string of the molecule is CN(C)C(=O)C(=O)CO. The number of hydrogen-bond donors (Lipinski definition) is 1. The Labute approximate surface area is 53.1 Å². The molecule has 0 spiro atoms. The molecule has 9 heavy (non-hydrogen) atoms. The van der Waals surface area contributed by atoms with Crippen LogP contribution < -0.4 is 0 Å². The van der Waals surface area contributed by atoms with Gasteiger partial charge in [0.2, 0.25) is 5.78 Å². The normalized spacial score (nSPS) is 8.78. The van der Waals surface area contributed by atoms with Crippen molar-refractivity contribution >= 4 is 11.7 Å². The first kappa shape index (κ1) is 8.10. The van der Waals surface area contributed by atoms with Crippen LogP contribution in [-0.4, -0.2) is 42.4 Å². The summed E-state index contributed by atoms with van der Waals surface area (Å²) in [6.07, 6.45) is 0. The van der Waals surface area contributed by atoms with E-state index in [2.05, 4.69) is 0 Å². The molecule has 0 aliphatic carbocycles. The molecule has 0 saturated heterocycles. The highest BCUT2D eigenvalue weighted by molar-refractivity contribution is 6.36. The Morgan fingerprint density at radius 2 is 1.89 bits per heavy atom. The second-order valence-electron chi connectivity index (χ2n) is 1.78. The lowest BCUT2D eigenvalue weighted by Crippen LogP contribution is -2.31. The molecule has 4 nitrogen and oxygen atoms in total. The van der Waals surface area contributed by atoms with Gasteiger partial charge in [-0.3, -0.25) is 9.59 Å². The second-order valence-corrected chi connectivity index (χ2v) is 1.78. The third-order valence-electron chi connectivity index (χ3n) is 0.788. The highest BCUT2D eigenvalue weighted by Crippen LogP contribution is 1.78. The van der Waals surface area contributed by atoms with Crippen LogP contribution in [0.4, 0.5) is 0 Å². The Morgan fingerprint density at radius 1 is 1.44 bits per heavy atom. The Balaban J connectivity index is 3.89. The zero-order valence-electron chi connectivity index (χ0n) is 5.42. The zero-order chi connectivity index (χ0) is 7.44. The molecule has 52 valence electrons. The Bertz CT molecular complexity index is 130. The maximum absolute atomic E-state index is 10.5. The van der Waals surface area contributed by atoms with E-state index in [1.807, 2.05) is 0 Å². The molecule has 1 amide bonds. The lowest BCUT2D eigenvalue weighted by atomic mass is 10.4. The third kappa shape index (κ3) is 2.23. The van der Waals surface area contributed by atoms with E-state index in [4.69, 9.17) is 5.11 Å². The molecule has 0 aliphatic rings. The Morgan fingerprint density at radius 3 is 2.00 bits per heavy atom. The van der Waals surface area contributed by atoms with Crippen molar-refractivity contribution in [1.82, 2.24) is 4.90 Å². The molecule has 4 heteroatoms. The van der Waals surface area contributed by atoms with Crippen molar-refractivity contribution in [1.29, 1.82) is 0 Å². The van der Waals surface area contributed by atoms with Crippen LogP contribution in [0.2, 0.25) is 0 Å². The molecule has 0 aliphatic heterocycles. The molecule has 0 unspecified atom stereocenters. The molecular weight excluding hydrogens is 122 g/mol. The number of nitrogens with zero attached hydrogens (tertiary/aromatic N) is 1. The minimum atomic E-state index is -0.778. The largest absolute Gasteiger partial charge is 0.388 e. The number of aliphatic hydroxyl groups excluding tert-OH is 1. The molecule has 0 aromatic rings. The summed E-state index contributed by atoms with van der Waals surface area (Å²) in [6, 6.07) is 0. The third-order valence-corrected chi connectivity index (χ3v) is 0.788. The van der Waals surface area contributed by atoms with Gasteiger partial charge in [0.1, 0.15) is 6.61 Å². The number of rotatable bonds is 2. The first-order chi connectivity index (χ1) is 4.09. The van der Waals surface area contributed by atoms with Gasteiger partial charge >= 0.3 is 0 Å². The highest BCUT2D eigenvalue weighted by atomic mass is 16.3. The van der Waals surface area contributed by atoms with Gasteiger partial charge < -0.3 is 10.0 Å². The number of carbonyl (C=O) groups is 2. The number of carbonyl (C=O) groups excluding carboxylic acids is 2. The van der Waals surface area contributed by atoms with Gasteiger partial charge in [0.15, 0.2) is 0 Å². The number of aliphatic hydroxyl groups is 1. The highest BCUT2D eigenvalue weighted by Gasteiger charge is 2.12. The van der Waals surface area contributed by atoms with Crippen molar-refractivity contribution in [3.05, 3.63) is 0 Å². The Kier molecular flexibility index (Phi) is 2.87. The maximum Gasteiger partial charge on any atom is 0.291 e. The minimum absolute atomic E-state index is 0.669. The summed E-state index contributed by atoms with van der Waals surface area (Å²) in [4.78, 5) is 21.9. The van der Waals surface area contributed by atoms with E-state index in [1.54, 1.807) is 0 Å². The van der Waals surface area contributed by atoms with E-state index < -0.39 is 18.3 Å².